The molecule has 0 amide bonds. The number of Topliss-reactive ketones (excluding diaryl/α,β-unsaturated/α-hetero) is 1. The molecule has 8 atom stereocenters. The van der Waals surface area contributed by atoms with Gasteiger partial charge in [-0.25, -0.2) is 4.79 Å². The van der Waals surface area contributed by atoms with Crippen molar-refractivity contribution >= 4 is 24.2 Å². The van der Waals surface area contributed by atoms with E-state index < -0.39 is 69.9 Å². The molecule has 1 aromatic rings. The van der Waals surface area contributed by atoms with Crippen LogP contribution < -0.4 is 0 Å². The van der Waals surface area contributed by atoms with Gasteiger partial charge in [-0.2, -0.15) is 0 Å². The highest BCUT2D eigenvalue weighted by Crippen LogP contribution is 2.64. The predicted octanol–water partition coefficient (Wildman–Crippen LogP) is 2.50. The number of rotatable bonds is 5. The number of carbonyl (C=O) groups is 4. The maximum atomic E-state index is 14.6. The van der Waals surface area contributed by atoms with Gasteiger partial charge in [-0.3, -0.25) is 14.4 Å². The normalized spacial score (nSPS) is 39.9. The van der Waals surface area contributed by atoms with Gasteiger partial charge in [0, 0.05) is 30.1 Å². The molecule has 5 rings (SSSR count). The molecule has 0 spiro atoms. The Bertz CT molecular complexity index is 1270. The van der Waals surface area contributed by atoms with E-state index in [1.807, 2.05) is 0 Å². The highest BCUT2D eigenvalue weighted by Gasteiger charge is 2.75. The number of hydrogen-bond donors (Lipinski definition) is 2. The summed E-state index contributed by atoms with van der Waals surface area (Å²) in [6.07, 6.45) is -2.86. The summed E-state index contributed by atoms with van der Waals surface area (Å²) in [4.78, 5) is 52.4. The van der Waals surface area contributed by atoms with Gasteiger partial charge in [0.05, 0.1) is 24.2 Å². The van der Waals surface area contributed by atoms with Gasteiger partial charge in [-0.05, 0) is 30.5 Å². The minimum atomic E-state index is -1.98. The van der Waals surface area contributed by atoms with E-state index in [9.17, 15) is 29.4 Å². The van der Waals surface area contributed by atoms with Crippen molar-refractivity contribution in [1.82, 2.24) is 0 Å². The van der Waals surface area contributed by atoms with Crippen LogP contribution in [-0.2, 0) is 33.3 Å². The lowest BCUT2D eigenvalue weighted by molar-refractivity contribution is -0.332. The fourth-order valence-electron chi connectivity index (χ4n) is 7.83. The van der Waals surface area contributed by atoms with E-state index in [1.165, 1.54) is 6.92 Å². The van der Waals surface area contributed by atoms with E-state index in [4.69, 9.17) is 18.9 Å². The zero-order valence-electron chi connectivity index (χ0n) is 23.3. The molecule has 4 aliphatic rings. The van der Waals surface area contributed by atoms with Crippen LogP contribution in [0.15, 0.2) is 41.7 Å². The van der Waals surface area contributed by atoms with Crippen LogP contribution in [0.3, 0.4) is 0 Å². The smallest absolute Gasteiger partial charge is 0.338 e. The number of allylic oxidation sites excluding steroid dienone is 1. The third-order valence-corrected chi connectivity index (χ3v) is 9.99. The van der Waals surface area contributed by atoms with Crippen LogP contribution >= 0.6 is 0 Å². The first-order valence-electron chi connectivity index (χ1n) is 13.6. The second-order valence-corrected chi connectivity index (χ2v) is 12.4. The van der Waals surface area contributed by atoms with Crippen LogP contribution in [0.4, 0.5) is 0 Å². The minimum absolute atomic E-state index is 0.0833. The number of ketones is 1. The average molecular weight is 557 g/mol. The van der Waals surface area contributed by atoms with Crippen LogP contribution in [-0.4, -0.2) is 70.5 Å². The molecule has 1 unspecified atom stereocenters. The molecule has 1 heterocycles. The van der Waals surface area contributed by atoms with Gasteiger partial charge >= 0.3 is 11.9 Å². The molecule has 10 heteroatoms. The van der Waals surface area contributed by atoms with E-state index >= 15 is 0 Å². The maximum absolute atomic E-state index is 14.6. The third kappa shape index (κ3) is 3.79. The van der Waals surface area contributed by atoms with Crippen LogP contribution in [0.2, 0.25) is 0 Å². The molecule has 1 aromatic carbocycles. The Morgan fingerprint density at radius 3 is 2.40 bits per heavy atom. The highest BCUT2D eigenvalue weighted by atomic mass is 16.6. The summed E-state index contributed by atoms with van der Waals surface area (Å²) >= 11 is 0. The number of benzene rings is 1. The molecule has 0 radical (unpaired) electrons. The molecule has 3 fully saturated rings. The Labute approximate surface area is 232 Å². The third-order valence-electron chi connectivity index (χ3n) is 9.99. The van der Waals surface area contributed by atoms with Crippen LogP contribution in [0.1, 0.15) is 64.2 Å². The number of ether oxygens (including phenoxy) is 4. The molecule has 216 valence electrons. The van der Waals surface area contributed by atoms with E-state index in [-0.39, 0.29) is 42.8 Å². The summed E-state index contributed by atoms with van der Waals surface area (Å²) < 4.78 is 23.4. The number of aliphatic hydroxyl groups excluding tert-OH is 1. The first-order valence-corrected chi connectivity index (χ1v) is 13.6. The molecule has 1 saturated heterocycles. The van der Waals surface area contributed by atoms with Crippen molar-refractivity contribution in [3.05, 3.63) is 47.2 Å². The van der Waals surface area contributed by atoms with Crippen molar-refractivity contribution < 1.29 is 48.3 Å². The van der Waals surface area contributed by atoms with Gasteiger partial charge in [0.25, 0.3) is 6.47 Å². The number of aliphatic hydroxyl groups is 2. The van der Waals surface area contributed by atoms with E-state index in [2.05, 4.69) is 0 Å². The van der Waals surface area contributed by atoms with Crippen LogP contribution in [0.25, 0.3) is 0 Å². The van der Waals surface area contributed by atoms with Crippen molar-refractivity contribution in [3.8, 4) is 0 Å². The molecule has 2 bridgehead atoms. The van der Waals surface area contributed by atoms with Crippen molar-refractivity contribution in [1.29, 1.82) is 0 Å². The minimum Gasteiger partial charge on any atom is -0.455 e. The molecule has 0 aromatic heterocycles. The summed E-state index contributed by atoms with van der Waals surface area (Å²) in [6.45, 7) is 8.04. The van der Waals surface area contributed by atoms with Gasteiger partial charge in [-0.15, -0.1) is 0 Å². The number of esters is 2. The zero-order chi connectivity index (χ0) is 29.3. The fraction of sp³-hybridized carbons (Fsp3) is 0.600. The van der Waals surface area contributed by atoms with Crippen molar-refractivity contribution in [2.45, 2.75) is 83.4 Å². The molecule has 1 aliphatic heterocycles. The average Bonchev–Trinajstić information content (AvgIpc) is 2.88. The van der Waals surface area contributed by atoms with Crippen molar-refractivity contribution in [2.24, 2.45) is 22.7 Å². The quantitative estimate of drug-likeness (QED) is 0.315. The van der Waals surface area contributed by atoms with Crippen LogP contribution in [0.5, 0.6) is 0 Å². The molecular weight excluding hydrogens is 520 g/mol. The van der Waals surface area contributed by atoms with Gasteiger partial charge in [0.1, 0.15) is 17.8 Å². The molecule has 3 aliphatic carbocycles. The topological polar surface area (TPSA) is 146 Å². The standard InChI is InChI=1S/C30H36O10/c1-16-19(33)13-30(36)25(39-26(35)18-9-7-6-8-10-18)23-28(5,12-11-20-29(23,14-37-20)40-17(2)32)24(34)22(38-15-31)21(16)27(30,3)4/h6-10,15-16,19-20,23,25,33,36H,11-14H2,1-5H3/t16?,19-,20+,23-,25+,28+,29-,30+/m0/s1. The Balaban J connectivity index is 1.82. The van der Waals surface area contributed by atoms with Gasteiger partial charge in [0.15, 0.2) is 11.4 Å². The molecular formula is C30H36O10. The monoisotopic (exact) mass is 556 g/mol. The number of hydrogen-bond acceptors (Lipinski definition) is 10. The summed E-state index contributed by atoms with van der Waals surface area (Å²) in [7, 11) is 0. The molecule has 2 N–H and O–H groups in total. The number of fused-ring (bicyclic) bond motifs is 5. The lowest BCUT2D eigenvalue weighted by Crippen LogP contribution is -2.78. The SMILES string of the molecule is CC(=O)O[C@@]12CO[C@@H]1CC[C@@]1(C)C(=O)C(OC=O)=C3C(C)[C@@H](O)C[C@@](O)([C@H](OC(=O)c4ccccc4)[C@H]21)C3(C)C. The summed E-state index contributed by atoms with van der Waals surface area (Å²) in [6, 6.07) is 8.24. The van der Waals surface area contributed by atoms with Gasteiger partial charge < -0.3 is 29.2 Å². The highest BCUT2D eigenvalue weighted by molar-refractivity contribution is 6.01. The lowest BCUT2D eigenvalue weighted by Gasteiger charge is -2.66. The first-order chi connectivity index (χ1) is 18.7. The predicted molar refractivity (Wildman–Crippen MR) is 138 cm³/mol. The maximum Gasteiger partial charge on any atom is 0.338 e. The van der Waals surface area contributed by atoms with E-state index in [1.54, 1.807) is 58.0 Å². The lowest BCUT2D eigenvalue weighted by atomic mass is 9.45. The van der Waals surface area contributed by atoms with Gasteiger partial charge in [0.2, 0.25) is 5.78 Å². The molecule has 2 saturated carbocycles. The van der Waals surface area contributed by atoms with Crippen molar-refractivity contribution in [3.63, 3.8) is 0 Å². The Morgan fingerprint density at radius 2 is 1.82 bits per heavy atom. The Hall–Kier alpha value is -3.08. The summed E-state index contributed by atoms with van der Waals surface area (Å²) in [5.74, 6) is -3.92. The summed E-state index contributed by atoms with van der Waals surface area (Å²) in [5, 5.41) is 24.0. The van der Waals surface area contributed by atoms with Crippen molar-refractivity contribution in [2.75, 3.05) is 6.61 Å². The van der Waals surface area contributed by atoms with E-state index in [0.29, 0.717) is 6.42 Å². The second-order valence-electron chi connectivity index (χ2n) is 12.4. The Kier molecular flexibility index (Phi) is 6.75. The first kappa shape index (κ1) is 28.4. The fourth-order valence-corrected chi connectivity index (χ4v) is 7.83. The summed E-state index contributed by atoms with van der Waals surface area (Å²) in [5.41, 5.74) is -5.65. The molecule has 40 heavy (non-hydrogen) atoms. The zero-order valence-corrected chi connectivity index (χ0v) is 23.3. The Morgan fingerprint density at radius 1 is 1.15 bits per heavy atom. The molecule has 10 nitrogen and oxygen atoms in total. The second kappa shape index (κ2) is 9.49. The van der Waals surface area contributed by atoms with E-state index in [0.717, 1.165) is 0 Å². The largest absolute Gasteiger partial charge is 0.455 e. The number of carbonyl (C=O) groups excluding carboxylic acids is 4. The van der Waals surface area contributed by atoms with Crippen LogP contribution in [0, 0.1) is 22.7 Å². The van der Waals surface area contributed by atoms with Gasteiger partial charge in [-0.1, -0.05) is 45.9 Å².